The Bertz CT molecular complexity index is 244. The Kier molecular flexibility index (Phi) is 3.85. The fourth-order valence-electron chi connectivity index (χ4n) is 2.78. The van der Waals surface area contributed by atoms with E-state index in [1.165, 1.54) is 25.7 Å². The summed E-state index contributed by atoms with van der Waals surface area (Å²) < 4.78 is 0. The number of hydrogen-bond donors (Lipinski definition) is 1. The van der Waals surface area contributed by atoms with Crippen molar-refractivity contribution >= 4 is 5.91 Å². The van der Waals surface area contributed by atoms with Gasteiger partial charge in [0.1, 0.15) is 0 Å². The highest BCUT2D eigenvalue weighted by Crippen LogP contribution is 2.31. The fourth-order valence-corrected chi connectivity index (χ4v) is 2.78. The highest BCUT2D eigenvalue weighted by atomic mass is 16.2. The monoisotopic (exact) mass is 224 g/mol. The van der Waals surface area contributed by atoms with Gasteiger partial charge >= 0.3 is 0 Å². The molecule has 0 aliphatic heterocycles. The van der Waals surface area contributed by atoms with Crippen molar-refractivity contribution in [1.82, 2.24) is 4.90 Å². The molecule has 2 unspecified atom stereocenters. The molecule has 2 fully saturated rings. The van der Waals surface area contributed by atoms with Crippen molar-refractivity contribution in [2.45, 2.75) is 64.0 Å². The van der Waals surface area contributed by atoms with E-state index in [1.807, 2.05) is 0 Å². The van der Waals surface area contributed by atoms with Gasteiger partial charge in [-0.25, -0.2) is 0 Å². The van der Waals surface area contributed by atoms with Crippen LogP contribution in [0.15, 0.2) is 0 Å². The van der Waals surface area contributed by atoms with Gasteiger partial charge in [-0.3, -0.25) is 4.79 Å². The van der Waals surface area contributed by atoms with Crippen molar-refractivity contribution in [2.75, 3.05) is 6.54 Å². The smallest absolute Gasteiger partial charge is 0.227 e. The fraction of sp³-hybridized carbons (Fsp3) is 0.923. The molecule has 0 spiro atoms. The lowest BCUT2D eigenvalue weighted by Gasteiger charge is -2.33. The number of rotatable bonds is 4. The second kappa shape index (κ2) is 5.17. The summed E-state index contributed by atoms with van der Waals surface area (Å²) in [6.07, 6.45) is 7.87. The normalized spacial score (nSPS) is 30.1. The molecule has 0 heterocycles. The maximum absolute atomic E-state index is 12.4. The van der Waals surface area contributed by atoms with Gasteiger partial charge in [-0.15, -0.1) is 0 Å². The summed E-state index contributed by atoms with van der Waals surface area (Å²) >= 11 is 0. The number of nitrogens with zero attached hydrogens (tertiary/aromatic N) is 1. The van der Waals surface area contributed by atoms with E-state index < -0.39 is 0 Å². The van der Waals surface area contributed by atoms with E-state index in [2.05, 4.69) is 11.8 Å². The van der Waals surface area contributed by atoms with Crippen LogP contribution < -0.4 is 5.73 Å². The summed E-state index contributed by atoms with van der Waals surface area (Å²) in [5.41, 5.74) is 6.09. The van der Waals surface area contributed by atoms with E-state index >= 15 is 0 Å². The minimum atomic E-state index is 0.111. The lowest BCUT2D eigenvalue weighted by atomic mass is 9.84. The second-order valence-corrected chi connectivity index (χ2v) is 5.32. The van der Waals surface area contributed by atoms with E-state index in [1.54, 1.807) is 0 Å². The highest BCUT2D eigenvalue weighted by Gasteiger charge is 2.37. The molecule has 2 rings (SSSR count). The zero-order chi connectivity index (χ0) is 11.5. The topological polar surface area (TPSA) is 46.3 Å². The molecule has 0 bridgehead atoms. The van der Waals surface area contributed by atoms with E-state index in [-0.39, 0.29) is 12.0 Å². The van der Waals surface area contributed by atoms with Crippen LogP contribution >= 0.6 is 0 Å². The van der Waals surface area contributed by atoms with Crippen LogP contribution in [-0.2, 0) is 4.79 Å². The molecule has 2 saturated carbocycles. The third kappa shape index (κ3) is 2.57. The first-order chi connectivity index (χ1) is 7.74. The summed E-state index contributed by atoms with van der Waals surface area (Å²) in [4.78, 5) is 14.5. The third-order valence-corrected chi connectivity index (χ3v) is 3.87. The van der Waals surface area contributed by atoms with E-state index in [0.717, 1.165) is 25.8 Å². The lowest BCUT2D eigenvalue weighted by molar-refractivity contribution is -0.137. The van der Waals surface area contributed by atoms with Crippen LogP contribution in [0, 0.1) is 5.92 Å². The zero-order valence-electron chi connectivity index (χ0n) is 10.3. The predicted octanol–water partition coefficient (Wildman–Crippen LogP) is 1.90. The van der Waals surface area contributed by atoms with Crippen molar-refractivity contribution < 1.29 is 4.79 Å². The standard InChI is InChI=1S/C13H24N2O/c1-2-9-15(10-7-8-10)13(16)11-5-3-4-6-12(11)14/h10-12H,2-9,14H2,1H3. The van der Waals surface area contributed by atoms with E-state index in [9.17, 15) is 4.79 Å². The molecule has 92 valence electrons. The molecule has 2 aliphatic rings. The molecule has 0 aromatic rings. The van der Waals surface area contributed by atoms with Gasteiger partial charge in [-0.1, -0.05) is 19.8 Å². The van der Waals surface area contributed by atoms with Gasteiger partial charge in [0.15, 0.2) is 0 Å². The summed E-state index contributed by atoms with van der Waals surface area (Å²) in [5, 5.41) is 0. The number of carbonyl (C=O) groups excluding carboxylic acids is 1. The molecule has 0 radical (unpaired) electrons. The quantitative estimate of drug-likeness (QED) is 0.793. The van der Waals surface area contributed by atoms with Gasteiger partial charge in [-0.05, 0) is 32.1 Å². The molecular weight excluding hydrogens is 200 g/mol. The Labute approximate surface area is 98.4 Å². The highest BCUT2D eigenvalue weighted by molar-refractivity contribution is 5.80. The van der Waals surface area contributed by atoms with Crippen LogP contribution in [0.25, 0.3) is 0 Å². The SMILES string of the molecule is CCCN(C(=O)C1CCCCC1N)C1CC1. The van der Waals surface area contributed by atoms with Gasteiger partial charge in [0.05, 0.1) is 5.92 Å². The van der Waals surface area contributed by atoms with Gasteiger partial charge in [-0.2, -0.15) is 0 Å². The second-order valence-electron chi connectivity index (χ2n) is 5.32. The largest absolute Gasteiger partial charge is 0.339 e. The molecule has 0 saturated heterocycles. The van der Waals surface area contributed by atoms with Gasteiger partial charge in [0.2, 0.25) is 5.91 Å². The van der Waals surface area contributed by atoms with Crippen molar-refractivity contribution in [2.24, 2.45) is 11.7 Å². The Hall–Kier alpha value is -0.570. The molecule has 1 amide bonds. The molecule has 2 atom stereocenters. The Morgan fingerprint density at radius 3 is 2.50 bits per heavy atom. The summed E-state index contributed by atoms with van der Waals surface area (Å²) in [6, 6.07) is 0.654. The number of amides is 1. The van der Waals surface area contributed by atoms with Gasteiger partial charge in [0.25, 0.3) is 0 Å². The minimum Gasteiger partial charge on any atom is -0.339 e. The lowest BCUT2D eigenvalue weighted by Crippen LogP contribution is -2.46. The molecule has 2 N–H and O–H groups in total. The maximum Gasteiger partial charge on any atom is 0.227 e. The predicted molar refractivity (Wildman–Crippen MR) is 65.0 cm³/mol. The molecular formula is C13H24N2O. The van der Waals surface area contributed by atoms with E-state index in [4.69, 9.17) is 5.73 Å². The van der Waals surface area contributed by atoms with Crippen molar-refractivity contribution in [1.29, 1.82) is 0 Å². The number of carbonyl (C=O) groups is 1. The summed E-state index contributed by atoms with van der Waals surface area (Å²) in [5.74, 6) is 0.456. The molecule has 0 aromatic heterocycles. The Morgan fingerprint density at radius 2 is 1.94 bits per heavy atom. The van der Waals surface area contributed by atoms with Crippen molar-refractivity contribution in [3.8, 4) is 0 Å². The van der Waals surface area contributed by atoms with Crippen LogP contribution in [-0.4, -0.2) is 29.4 Å². The van der Waals surface area contributed by atoms with Crippen molar-refractivity contribution in [3.63, 3.8) is 0 Å². The van der Waals surface area contributed by atoms with Crippen LogP contribution in [0.3, 0.4) is 0 Å². The van der Waals surface area contributed by atoms with Crippen molar-refractivity contribution in [3.05, 3.63) is 0 Å². The maximum atomic E-state index is 12.4. The molecule has 3 heteroatoms. The average Bonchev–Trinajstić information content (AvgIpc) is 3.09. The molecule has 2 aliphatic carbocycles. The number of nitrogens with two attached hydrogens (primary N) is 1. The van der Waals surface area contributed by atoms with Crippen LogP contribution in [0.1, 0.15) is 51.9 Å². The van der Waals surface area contributed by atoms with Gasteiger partial charge in [0, 0.05) is 18.6 Å². The van der Waals surface area contributed by atoms with E-state index in [0.29, 0.717) is 11.9 Å². The molecule has 0 aromatic carbocycles. The minimum absolute atomic E-state index is 0.111. The first-order valence-electron chi connectivity index (χ1n) is 6.80. The summed E-state index contributed by atoms with van der Waals surface area (Å²) in [7, 11) is 0. The third-order valence-electron chi connectivity index (χ3n) is 3.87. The zero-order valence-corrected chi connectivity index (χ0v) is 10.3. The van der Waals surface area contributed by atoms with Crippen LogP contribution in [0.2, 0.25) is 0 Å². The average molecular weight is 224 g/mol. The van der Waals surface area contributed by atoms with Gasteiger partial charge < -0.3 is 10.6 Å². The molecule has 3 nitrogen and oxygen atoms in total. The Balaban J connectivity index is 1.97. The van der Waals surface area contributed by atoms with Crippen LogP contribution in [0.5, 0.6) is 0 Å². The molecule has 16 heavy (non-hydrogen) atoms. The number of hydrogen-bond acceptors (Lipinski definition) is 2. The first kappa shape index (κ1) is 11.9. The summed E-state index contributed by atoms with van der Waals surface area (Å²) in [6.45, 7) is 3.07. The van der Waals surface area contributed by atoms with Crippen LogP contribution in [0.4, 0.5) is 0 Å². The Morgan fingerprint density at radius 1 is 1.25 bits per heavy atom. The first-order valence-corrected chi connectivity index (χ1v) is 6.80.